The van der Waals surface area contributed by atoms with E-state index in [1.807, 2.05) is 0 Å². The molecule has 0 aliphatic rings. The molecule has 0 saturated heterocycles. The lowest BCUT2D eigenvalue weighted by molar-refractivity contribution is 0.0946. The molecule has 0 radical (unpaired) electrons. The standard InChI is InChI=1S/C11H14ClFN2O/c1-11(2,14)6-15-10(16)8-4-3-7(13)5-9(8)12/h3-5H,6,14H2,1-2H3,(H,15,16). The van der Waals surface area contributed by atoms with E-state index in [0.29, 0.717) is 6.54 Å². The number of benzene rings is 1. The first-order valence-electron chi connectivity index (χ1n) is 4.82. The number of hydrogen-bond donors (Lipinski definition) is 2. The second-order valence-corrected chi connectivity index (χ2v) is 4.70. The van der Waals surface area contributed by atoms with E-state index in [0.717, 1.165) is 6.07 Å². The Morgan fingerprint density at radius 3 is 2.69 bits per heavy atom. The van der Waals surface area contributed by atoms with Crippen LogP contribution in [0.3, 0.4) is 0 Å². The molecule has 1 rings (SSSR count). The van der Waals surface area contributed by atoms with Crippen molar-refractivity contribution in [2.45, 2.75) is 19.4 Å². The third-order valence-corrected chi connectivity index (χ3v) is 2.19. The Labute approximate surface area is 98.8 Å². The fourth-order valence-corrected chi connectivity index (χ4v) is 1.33. The Hall–Kier alpha value is -1.13. The highest BCUT2D eigenvalue weighted by Crippen LogP contribution is 2.17. The molecule has 0 saturated carbocycles. The lowest BCUT2D eigenvalue weighted by Crippen LogP contribution is -2.45. The summed E-state index contributed by atoms with van der Waals surface area (Å²) in [5.41, 5.74) is 5.46. The summed E-state index contributed by atoms with van der Waals surface area (Å²) >= 11 is 5.74. The van der Waals surface area contributed by atoms with Crippen molar-refractivity contribution < 1.29 is 9.18 Å². The number of nitrogens with two attached hydrogens (primary N) is 1. The van der Waals surface area contributed by atoms with Crippen molar-refractivity contribution in [3.63, 3.8) is 0 Å². The van der Waals surface area contributed by atoms with E-state index in [2.05, 4.69) is 5.32 Å². The number of amides is 1. The van der Waals surface area contributed by atoms with Crippen molar-refractivity contribution in [1.29, 1.82) is 0 Å². The molecule has 0 aliphatic carbocycles. The van der Waals surface area contributed by atoms with E-state index in [1.165, 1.54) is 12.1 Å². The molecule has 3 nitrogen and oxygen atoms in total. The number of carbonyl (C=O) groups is 1. The van der Waals surface area contributed by atoms with E-state index in [-0.39, 0.29) is 16.5 Å². The van der Waals surface area contributed by atoms with Gasteiger partial charge >= 0.3 is 0 Å². The molecule has 1 aromatic carbocycles. The van der Waals surface area contributed by atoms with Gasteiger partial charge in [0.05, 0.1) is 10.6 Å². The number of halogens is 2. The van der Waals surface area contributed by atoms with E-state index < -0.39 is 11.4 Å². The molecule has 0 aromatic heterocycles. The smallest absolute Gasteiger partial charge is 0.252 e. The molecule has 0 fully saturated rings. The van der Waals surface area contributed by atoms with Crippen LogP contribution >= 0.6 is 11.6 Å². The predicted octanol–water partition coefficient (Wildman–Crippen LogP) is 1.95. The van der Waals surface area contributed by atoms with E-state index in [1.54, 1.807) is 13.8 Å². The first-order valence-corrected chi connectivity index (χ1v) is 5.19. The summed E-state index contributed by atoms with van der Waals surface area (Å²) in [4.78, 5) is 11.6. The molecule has 0 heterocycles. The number of hydrogen-bond acceptors (Lipinski definition) is 2. The summed E-state index contributed by atoms with van der Waals surface area (Å²) in [7, 11) is 0. The SMILES string of the molecule is CC(C)(N)CNC(=O)c1ccc(F)cc1Cl. The summed E-state index contributed by atoms with van der Waals surface area (Å²) < 4.78 is 12.7. The van der Waals surface area contributed by atoms with Crippen molar-refractivity contribution in [3.05, 3.63) is 34.6 Å². The van der Waals surface area contributed by atoms with Gasteiger partial charge in [-0.25, -0.2) is 4.39 Å². The maximum Gasteiger partial charge on any atom is 0.252 e. The first-order chi connectivity index (χ1) is 7.29. The molecule has 0 unspecified atom stereocenters. The van der Waals surface area contributed by atoms with Gasteiger partial charge in [0.15, 0.2) is 0 Å². The van der Waals surface area contributed by atoms with Crippen LogP contribution in [-0.4, -0.2) is 18.0 Å². The second kappa shape index (κ2) is 4.80. The van der Waals surface area contributed by atoms with Crippen LogP contribution in [0.1, 0.15) is 24.2 Å². The van der Waals surface area contributed by atoms with Crippen molar-refractivity contribution in [2.24, 2.45) is 5.73 Å². The Morgan fingerprint density at radius 2 is 2.19 bits per heavy atom. The fourth-order valence-electron chi connectivity index (χ4n) is 1.08. The van der Waals surface area contributed by atoms with Gasteiger partial charge in [0.1, 0.15) is 5.82 Å². The normalized spacial score (nSPS) is 11.3. The monoisotopic (exact) mass is 244 g/mol. The zero-order valence-corrected chi connectivity index (χ0v) is 9.94. The van der Waals surface area contributed by atoms with Crippen LogP contribution in [0, 0.1) is 5.82 Å². The van der Waals surface area contributed by atoms with Gasteiger partial charge in [0.2, 0.25) is 0 Å². The van der Waals surface area contributed by atoms with Crippen LogP contribution in [0.25, 0.3) is 0 Å². The largest absolute Gasteiger partial charge is 0.350 e. The van der Waals surface area contributed by atoms with Gasteiger partial charge in [-0.1, -0.05) is 11.6 Å². The van der Waals surface area contributed by atoms with Crippen molar-refractivity contribution in [1.82, 2.24) is 5.32 Å². The molecule has 88 valence electrons. The summed E-state index contributed by atoms with van der Waals surface area (Å²) in [6.07, 6.45) is 0. The average Bonchev–Trinajstić information content (AvgIpc) is 2.13. The number of carbonyl (C=O) groups excluding carboxylic acids is 1. The van der Waals surface area contributed by atoms with Gasteiger partial charge < -0.3 is 11.1 Å². The molecule has 3 N–H and O–H groups in total. The fraction of sp³-hybridized carbons (Fsp3) is 0.364. The van der Waals surface area contributed by atoms with Crippen LogP contribution in [-0.2, 0) is 0 Å². The molecular formula is C11H14ClFN2O. The number of rotatable bonds is 3. The molecule has 1 amide bonds. The summed E-state index contributed by atoms with van der Waals surface area (Å²) in [6, 6.07) is 3.63. The second-order valence-electron chi connectivity index (χ2n) is 4.30. The Bertz CT molecular complexity index is 401. The van der Waals surface area contributed by atoms with Crippen molar-refractivity contribution >= 4 is 17.5 Å². The van der Waals surface area contributed by atoms with Crippen LogP contribution in [0.4, 0.5) is 4.39 Å². The van der Waals surface area contributed by atoms with Crippen LogP contribution in [0.15, 0.2) is 18.2 Å². The van der Waals surface area contributed by atoms with Crippen LogP contribution in [0.5, 0.6) is 0 Å². The molecular weight excluding hydrogens is 231 g/mol. The summed E-state index contributed by atoms with van der Waals surface area (Å²) in [5.74, 6) is -0.829. The van der Waals surface area contributed by atoms with E-state index in [9.17, 15) is 9.18 Å². The van der Waals surface area contributed by atoms with Gasteiger partial charge in [0.25, 0.3) is 5.91 Å². The topological polar surface area (TPSA) is 55.1 Å². The highest BCUT2D eigenvalue weighted by molar-refractivity contribution is 6.33. The molecule has 16 heavy (non-hydrogen) atoms. The lowest BCUT2D eigenvalue weighted by Gasteiger charge is -2.19. The Balaban J connectivity index is 2.74. The maximum atomic E-state index is 12.7. The van der Waals surface area contributed by atoms with Gasteiger partial charge in [-0.15, -0.1) is 0 Å². The van der Waals surface area contributed by atoms with E-state index in [4.69, 9.17) is 17.3 Å². The molecule has 0 aliphatic heterocycles. The zero-order valence-electron chi connectivity index (χ0n) is 9.18. The Kier molecular flexibility index (Phi) is 3.88. The molecule has 0 spiro atoms. The zero-order chi connectivity index (χ0) is 12.3. The maximum absolute atomic E-state index is 12.7. The molecule has 5 heteroatoms. The van der Waals surface area contributed by atoms with E-state index >= 15 is 0 Å². The first kappa shape index (κ1) is 12.9. The van der Waals surface area contributed by atoms with Crippen molar-refractivity contribution in [2.75, 3.05) is 6.54 Å². The Morgan fingerprint density at radius 1 is 1.56 bits per heavy atom. The minimum atomic E-state index is -0.498. The highest BCUT2D eigenvalue weighted by atomic mass is 35.5. The lowest BCUT2D eigenvalue weighted by atomic mass is 10.1. The molecule has 0 bridgehead atoms. The minimum absolute atomic E-state index is 0.0901. The van der Waals surface area contributed by atoms with Crippen LogP contribution < -0.4 is 11.1 Å². The summed E-state index contributed by atoms with van der Waals surface area (Å²) in [6.45, 7) is 3.90. The predicted molar refractivity (Wildman–Crippen MR) is 62.0 cm³/mol. The van der Waals surface area contributed by atoms with Gasteiger partial charge in [0, 0.05) is 12.1 Å². The quantitative estimate of drug-likeness (QED) is 0.854. The van der Waals surface area contributed by atoms with Crippen LogP contribution in [0.2, 0.25) is 5.02 Å². The van der Waals surface area contributed by atoms with Gasteiger partial charge in [-0.05, 0) is 32.0 Å². The number of nitrogens with one attached hydrogen (secondary N) is 1. The van der Waals surface area contributed by atoms with Crippen molar-refractivity contribution in [3.8, 4) is 0 Å². The van der Waals surface area contributed by atoms with Gasteiger partial charge in [-0.2, -0.15) is 0 Å². The molecule has 0 atom stereocenters. The third-order valence-electron chi connectivity index (χ3n) is 1.88. The molecule has 1 aromatic rings. The average molecular weight is 245 g/mol. The van der Waals surface area contributed by atoms with Gasteiger partial charge in [-0.3, -0.25) is 4.79 Å². The minimum Gasteiger partial charge on any atom is -0.350 e. The third kappa shape index (κ3) is 3.79. The summed E-state index contributed by atoms with van der Waals surface area (Å²) in [5, 5.41) is 2.72. The highest BCUT2D eigenvalue weighted by Gasteiger charge is 2.15.